The van der Waals surface area contributed by atoms with Gasteiger partial charge in [0.15, 0.2) is 5.84 Å². The Morgan fingerprint density at radius 3 is 2.63 bits per heavy atom. The summed E-state index contributed by atoms with van der Waals surface area (Å²) in [6.45, 7) is 5.98. The van der Waals surface area contributed by atoms with Crippen molar-refractivity contribution in [2.45, 2.75) is 44.9 Å². The third-order valence-electron chi connectivity index (χ3n) is 6.61. The normalized spacial score (nSPS) is 21.0. The topological polar surface area (TPSA) is 72.1 Å². The van der Waals surface area contributed by atoms with Crippen LogP contribution in [0.15, 0.2) is 65.7 Å². The molecule has 8 heteroatoms. The predicted molar refractivity (Wildman–Crippen MR) is 132 cm³/mol. The highest BCUT2D eigenvalue weighted by Crippen LogP contribution is 2.47. The van der Waals surface area contributed by atoms with Crippen LogP contribution in [0.5, 0.6) is 5.75 Å². The SMILES string of the molecule is COc1cc(/C=C2\CCCN3C2=NOC3(c2ccc(F)cc2)C(C)(C)O)ccc1-n1cnc(C)c1. The van der Waals surface area contributed by atoms with Crippen molar-refractivity contribution < 1.29 is 19.1 Å². The first-order valence-corrected chi connectivity index (χ1v) is 11.6. The lowest BCUT2D eigenvalue weighted by Crippen LogP contribution is -2.60. The molecule has 1 N–H and O–H groups in total. The van der Waals surface area contributed by atoms with Crippen LogP contribution < -0.4 is 4.74 Å². The molecule has 3 aromatic rings. The van der Waals surface area contributed by atoms with Crippen LogP contribution in [0, 0.1) is 12.7 Å². The van der Waals surface area contributed by atoms with Crippen molar-refractivity contribution in [2.24, 2.45) is 5.16 Å². The number of ether oxygens (including phenoxy) is 1. The molecule has 0 bridgehead atoms. The zero-order valence-electron chi connectivity index (χ0n) is 20.3. The number of hydrogen-bond donors (Lipinski definition) is 1. The lowest BCUT2D eigenvalue weighted by Gasteiger charge is -2.46. The Hall–Kier alpha value is -3.65. The largest absolute Gasteiger partial charge is 0.495 e. The highest BCUT2D eigenvalue weighted by atomic mass is 19.1. The Balaban J connectivity index is 1.51. The molecular formula is C27H29FN4O3. The maximum absolute atomic E-state index is 13.7. The fourth-order valence-corrected chi connectivity index (χ4v) is 4.96. The summed E-state index contributed by atoms with van der Waals surface area (Å²) >= 11 is 0. The Kier molecular flexibility index (Phi) is 5.63. The zero-order valence-corrected chi connectivity index (χ0v) is 20.3. The number of hydrogen-bond acceptors (Lipinski definition) is 6. The number of aromatic nitrogens is 2. The van der Waals surface area contributed by atoms with E-state index in [1.54, 1.807) is 39.4 Å². The molecule has 2 aliphatic heterocycles. The van der Waals surface area contributed by atoms with Crippen LogP contribution in [0.1, 0.15) is 43.5 Å². The van der Waals surface area contributed by atoms with Crippen LogP contribution in [-0.2, 0) is 10.6 Å². The number of benzene rings is 2. The van der Waals surface area contributed by atoms with Gasteiger partial charge in [-0.15, -0.1) is 0 Å². The average Bonchev–Trinajstić information content (AvgIpc) is 3.44. The van der Waals surface area contributed by atoms with E-state index in [1.165, 1.54) is 12.1 Å². The van der Waals surface area contributed by atoms with E-state index < -0.39 is 11.3 Å². The van der Waals surface area contributed by atoms with Gasteiger partial charge < -0.3 is 24.1 Å². The van der Waals surface area contributed by atoms with Gasteiger partial charge in [0.25, 0.3) is 5.72 Å². The molecule has 182 valence electrons. The van der Waals surface area contributed by atoms with Crippen molar-refractivity contribution in [3.05, 3.63) is 83.2 Å². The van der Waals surface area contributed by atoms with E-state index in [0.717, 1.165) is 41.1 Å². The van der Waals surface area contributed by atoms with Crippen molar-refractivity contribution in [1.29, 1.82) is 0 Å². The van der Waals surface area contributed by atoms with Gasteiger partial charge in [-0.3, -0.25) is 0 Å². The molecule has 7 nitrogen and oxygen atoms in total. The number of imidazole rings is 1. The minimum absolute atomic E-state index is 0.346. The standard InChI is InChI=1S/C27H29FN4O3/c1-18-16-31(17-29-18)23-12-7-19(15-24(23)34-4)14-20-6-5-13-32-25(20)30-35-27(32,26(2,3)33)21-8-10-22(28)11-9-21/h7-12,14-17,33H,5-6,13H2,1-4H3/b20-14+. The number of oxime groups is 1. The fraction of sp³-hybridized carbons (Fsp3) is 0.333. The number of halogens is 1. The van der Waals surface area contributed by atoms with E-state index in [1.807, 2.05) is 40.8 Å². The van der Waals surface area contributed by atoms with Gasteiger partial charge in [-0.1, -0.05) is 11.2 Å². The fourth-order valence-electron chi connectivity index (χ4n) is 4.96. The van der Waals surface area contributed by atoms with Crippen LogP contribution >= 0.6 is 0 Å². The van der Waals surface area contributed by atoms with E-state index in [4.69, 9.17) is 9.57 Å². The lowest BCUT2D eigenvalue weighted by atomic mass is 9.84. The molecule has 0 aliphatic carbocycles. The molecule has 1 unspecified atom stereocenters. The molecule has 35 heavy (non-hydrogen) atoms. The molecule has 5 rings (SSSR count). The van der Waals surface area contributed by atoms with Gasteiger partial charge in [-0.25, -0.2) is 9.37 Å². The molecule has 1 atom stereocenters. The van der Waals surface area contributed by atoms with Gasteiger partial charge in [0.1, 0.15) is 17.2 Å². The molecule has 0 saturated carbocycles. The van der Waals surface area contributed by atoms with Crippen LogP contribution in [0.25, 0.3) is 11.8 Å². The maximum Gasteiger partial charge on any atom is 0.265 e. The number of aliphatic hydroxyl groups is 1. The van der Waals surface area contributed by atoms with Crippen molar-refractivity contribution in [3.63, 3.8) is 0 Å². The monoisotopic (exact) mass is 476 g/mol. The van der Waals surface area contributed by atoms with Crippen LogP contribution in [0.4, 0.5) is 4.39 Å². The summed E-state index contributed by atoms with van der Waals surface area (Å²) in [6.07, 6.45) is 7.46. The first kappa shape index (κ1) is 23.1. The minimum Gasteiger partial charge on any atom is -0.495 e. The molecule has 1 saturated heterocycles. The predicted octanol–water partition coefficient (Wildman–Crippen LogP) is 4.78. The van der Waals surface area contributed by atoms with Gasteiger partial charge in [0.05, 0.1) is 24.8 Å². The van der Waals surface area contributed by atoms with Gasteiger partial charge in [0.2, 0.25) is 0 Å². The number of fused-ring (bicyclic) bond motifs is 1. The molecule has 0 spiro atoms. The van der Waals surface area contributed by atoms with Crippen molar-refractivity contribution >= 4 is 11.9 Å². The average molecular weight is 477 g/mol. The summed E-state index contributed by atoms with van der Waals surface area (Å²) in [4.78, 5) is 12.3. The van der Waals surface area contributed by atoms with E-state index in [0.29, 0.717) is 17.9 Å². The Labute approximate surface area is 204 Å². The molecule has 2 aliphatic rings. The van der Waals surface area contributed by atoms with Crippen molar-refractivity contribution in [3.8, 4) is 11.4 Å². The van der Waals surface area contributed by atoms with Crippen LogP contribution in [0.3, 0.4) is 0 Å². The summed E-state index contributed by atoms with van der Waals surface area (Å²) < 4.78 is 21.3. The van der Waals surface area contributed by atoms with E-state index in [2.05, 4.69) is 16.2 Å². The highest BCUT2D eigenvalue weighted by molar-refractivity contribution is 6.03. The van der Waals surface area contributed by atoms with Gasteiger partial charge in [-0.05, 0) is 87.2 Å². The van der Waals surface area contributed by atoms with Crippen molar-refractivity contribution in [1.82, 2.24) is 14.5 Å². The quantitative estimate of drug-likeness (QED) is 0.574. The molecule has 1 aromatic heterocycles. The Bertz CT molecular complexity index is 1310. The minimum atomic E-state index is -1.31. The summed E-state index contributed by atoms with van der Waals surface area (Å²) in [5.41, 5.74) is 1.87. The van der Waals surface area contributed by atoms with Crippen LogP contribution in [-0.4, -0.2) is 44.6 Å². The second-order valence-corrected chi connectivity index (χ2v) is 9.49. The number of amidine groups is 1. The summed E-state index contributed by atoms with van der Waals surface area (Å²) in [5, 5.41) is 15.7. The van der Waals surface area contributed by atoms with Gasteiger partial charge in [-0.2, -0.15) is 0 Å². The second-order valence-electron chi connectivity index (χ2n) is 9.49. The summed E-state index contributed by atoms with van der Waals surface area (Å²) in [5.74, 6) is 1.06. The number of rotatable bonds is 5. The van der Waals surface area contributed by atoms with Crippen molar-refractivity contribution in [2.75, 3.05) is 13.7 Å². The maximum atomic E-state index is 13.7. The first-order chi connectivity index (χ1) is 16.7. The first-order valence-electron chi connectivity index (χ1n) is 11.6. The summed E-state index contributed by atoms with van der Waals surface area (Å²) in [7, 11) is 1.65. The molecular weight excluding hydrogens is 447 g/mol. The van der Waals surface area contributed by atoms with Gasteiger partial charge in [0, 0.05) is 18.3 Å². The molecule has 2 aromatic carbocycles. The van der Waals surface area contributed by atoms with E-state index in [-0.39, 0.29) is 5.82 Å². The molecule has 3 heterocycles. The molecule has 0 radical (unpaired) electrons. The van der Waals surface area contributed by atoms with E-state index in [9.17, 15) is 9.50 Å². The number of piperidine rings is 1. The number of nitrogens with zero attached hydrogens (tertiary/aromatic N) is 4. The van der Waals surface area contributed by atoms with Gasteiger partial charge >= 0.3 is 0 Å². The molecule has 1 fully saturated rings. The Morgan fingerprint density at radius 2 is 1.97 bits per heavy atom. The highest BCUT2D eigenvalue weighted by Gasteiger charge is 2.58. The third kappa shape index (κ3) is 3.87. The third-order valence-corrected chi connectivity index (χ3v) is 6.61. The lowest BCUT2D eigenvalue weighted by molar-refractivity contribution is -0.220. The Morgan fingerprint density at radius 1 is 1.20 bits per heavy atom. The summed E-state index contributed by atoms with van der Waals surface area (Å²) in [6, 6.07) is 12.0. The van der Waals surface area contributed by atoms with Crippen LogP contribution in [0.2, 0.25) is 0 Å². The zero-order chi connectivity index (χ0) is 24.8. The van der Waals surface area contributed by atoms with E-state index >= 15 is 0 Å². The molecule has 0 amide bonds. The number of aryl methyl sites for hydroxylation is 1. The number of methoxy groups -OCH3 is 1. The second kappa shape index (κ2) is 8.53. The smallest absolute Gasteiger partial charge is 0.265 e.